The van der Waals surface area contributed by atoms with E-state index in [4.69, 9.17) is 16.3 Å². The number of hydrogen-bond donors (Lipinski definition) is 1. The number of nitrogens with zero attached hydrogens (tertiary/aromatic N) is 1. The number of ether oxygens (including phenoxy) is 1. The lowest BCUT2D eigenvalue weighted by atomic mass is 10.0. The fraction of sp³-hybridized carbons (Fsp3) is 0.130. The van der Waals surface area contributed by atoms with Crippen molar-refractivity contribution >= 4 is 29.3 Å². The number of aryl methyl sites for hydroxylation is 1. The molecule has 0 aromatic heterocycles. The monoisotopic (exact) mass is 392 g/mol. The molecule has 142 valence electrons. The Kier molecular flexibility index (Phi) is 7.62. The number of nitriles is 1. The van der Waals surface area contributed by atoms with E-state index >= 15 is 0 Å². The van der Waals surface area contributed by atoms with Crippen molar-refractivity contribution in [3.05, 3.63) is 89.0 Å². The topological polar surface area (TPSA) is 62.1 Å². The van der Waals surface area contributed by atoms with E-state index in [1.165, 1.54) is 6.08 Å². The van der Waals surface area contributed by atoms with Gasteiger partial charge in [0.1, 0.15) is 24.0 Å². The highest BCUT2D eigenvalue weighted by Gasteiger charge is 2.11. The van der Waals surface area contributed by atoms with E-state index in [2.05, 4.69) is 18.5 Å². The fourth-order valence-corrected chi connectivity index (χ4v) is 2.66. The highest BCUT2D eigenvalue weighted by atomic mass is 35.5. The summed E-state index contributed by atoms with van der Waals surface area (Å²) in [5.41, 5.74) is 3.05. The van der Waals surface area contributed by atoms with E-state index in [0.717, 1.165) is 16.7 Å². The van der Waals surface area contributed by atoms with Crippen LogP contribution in [0.4, 0.5) is 5.69 Å². The Bertz CT molecular complexity index is 971. The molecule has 0 aliphatic heterocycles. The zero-order chi connectivity index (χ0) is 20.5. The third-order valence-corrected chi connectivity index (χ3v) is 4.32. The maximum absolute atomic E-state index is 12.5. The lowest BCUT2D eigenvalue weighted by Gasteiger charge is -2.10. The Hall–Kier alpha value is -3.29. The Morgan fingerprint density at radius 3 is 2.68 bits per heavy atom. The van der Waals surface area contributed by atoms with Crippen molar-refractivity contribution in [2.24, 2.45) is 0 Å². The van der Waals surface area contributed by atoms with E-state index in [1.807, 2.05) is 19.1 Å². The number of anilines is 1. The zero-order valence-corrected chi connectivity index (χ0v) is 16.4. The summed E-state index contributed by atoms with van der Waals surface area (Å²) >= 11 is 6.08. The van der Waals surface area contributed by atoms with Gasteiger partial charge >= 0.3 is 0 Å². The number of nitrogens with one attached hydrogen (secondary N) is 1. The summed E-state index contributed by atoms with van der Waals surface area (Å²) in [5.74, 6) is 0.217. The lowest BCUT2D eigenvalue weighted by molar-refractivity contribution is -0.112. The smallest absolute Gasteiger partial charge is 0.266 e. The number of hydrogen-bond acceptors (Lipinski definition) is 3. The van der Waals surface area contributed by atoms with Crippen LogP contribution in [0.15, 0.2) is 67.3 Å². The molecule has 28 heavy (non-hydrogen) atoms. The van der Waals surface area contributed by atoms with Gasteiger partial charge in [-0.05, 0) is 60.4 Å². The summed E-state index contributed by atoms with van der Waals surface area (Å²) in [5, 5.41) is 12.7. The zero-order valence-electron chi connectivity index (χ0n) is 15.7. The molecule has 0 radical (unpaired) electrons. The van der Waals surface area contributed by atoms with Gasteiger partial charge in [0.05, 0.1) is 0 Å². The molecular weight excluding hydrogens is 372 g/mol. The molecule has 0 saturated carbocycles. The van der Waals surface area contributed by atoms with Gasteiger partial charge in [0, 0.05) is 10.7 Å². The molecule has 2 rings (SSSR count). The van der Waals surface area contributed by atoms with Crippen LogP contribution in [-0.4, -0.2) is 12.5 Å². The minimum atomic E-state index is -0.500. The number of rotatable bonds is 8. The van der Waals surface area contributed by atoms with Gasteiger partial charge in [-0.1, -0.05) is 42.5 Å². The standard InChI is InChI=1S/C23H21ClN2O2/c1-4-6-18-12-17(8-10-22(18)28-11-5-2)13-19(15-25)23(27)26-20-9-7-16(3)21(24)14-20/h4-5,7-10,12-14H,1-2,6,11H2,3H3,(H,26,27)/b19-13-. The highest BCUT2D eigenvalue weighted by molar-refractivity contribution is 6.31. The first kappa shape index (κ1) is 21.0. The van der Waals surface area contributed by atoms with Crippen LogP contribution in [-0.2, 0) is 11.2 Å². The summed E-state index contributed by atoms with van der Waals surface area (Å²) in [7, 11) is 0. The summed E-state index contributed by atoms with van der Waals surface area (Å²) in [6.45, 7) is 9.66. The molecule has 0 heterocycles. The number of carbonyl (C=O) groups is 1. The summed E-state index contributed by atoms with van der Waals surface area (Å²) in [6, 6.07) is 12.6. The third kappa shape index (κ3) is 5.60. The Labute approximate surface area is 170 Å². The van der Waals surface area contributed by atoms with E-state index in [0.29, 0.717) is 29.5 Å². The van der Waals surface area contributed by atoms with E-state index in [1.54, 1.807) is 42.5 Å². The van der Waals surface area contributed by atoms with Crippen LogP contribution in [0.5, 0.6) is 5.75 Å². The number of benzene rings is 2. The minimum Gasteiger partial charge on any atom is -0.489 e. The molecule has 0 aliphatic carbocycles. The van der Waals surface area contributed by atoms with E-state index in [9.17, 15) is 10.1 Å². The maximum atomic E-state index is 12.5. The van der Waals surface area contributed by atoms with Crippen LogP contribution in [0.2, 0.25) is 5.02 Å². The molecule has 4 nitrogen and oxygen atoms in total. The van der Waals surface area contributed by atoms with Crippen LogP contribution < -0.4 is 10.1 Å². The van der Waals surface area contributed by atoms with Crippen molar-refractivity contribution in [2.45, 2.75) is 13.3 Å². The van der Waals surface area contributed by atoms with E-state index in [-0.39, 0.29) is 5.57 Å². The molecule has 0 unspecified atom stereocenters. The first-order valence-corrected chi connectivity index (χ1v) is 9.03. The van der Waals surface area contributed by atoms with Crippen LogP contribution >= 0.6 is 11.6 Å². The summed E-state index contributed by atoms with van der Waals surface area (Å²) in [4.78, 5) is 12.5. The molecule has 5 heteroatoms. The minimum absolute atomic E-state index is 0.0130. The average molecular weight is 393 g/mol. The van der Waals surface area contributed by atoms with Gasteiger partial charge in [-0.2, -0.15) is 5.26 Å². The molecule has 0 bridgehead atoms. The molecule has 0 saturated heterocycles. The highest BCUT2D eigenvalue weighted by Crippen LogP contribution is 2.24. The van der Waals surface area contributed by atoms with Gasteiger partial charge < -0.3 is 10.1 Å². The van der Waals surface area contributed by atoms with Gasteiger partial charge in [-0.25, -0.2) is 0 Å². The molecule has 1 N–H and O–H groups in total. The van der Waals surface area contributed by atoms with Crippen LogP contribution in [0.3, 0.4) is 0 Å². The van der Waals surface area contributed by atoms with Gasteiger partial charge in [0.2, 0.25) is 0 Å². The molecule has 1 amide bonds. The van der Waals surface area contributed by atoms with Gasteiger partial charge in [0.15, 0.2) is 0 Å². The third-order valence-electron chi connectivity index (χ3n) is 3.91. The normalized spacial score (nSPS) is 10.7. The number of allylic oxidation sites excluding steroid dienone is 1. The first-order valence-electron chi connectivity index (χ1n) is 8.65. The van der Waals surface area contributed by atoms with Crippen molar-refractivity contribution < 1.29 is 9.53 Å². The van der Waals surface area contributed by atoms with Gasteiger partial charge in [0.25, 0.3) is 5.91 Å². The van der Waals surface area contributed by atoms with Crippen molar-refractivity contribution in [3.63, 3.8) is 0 Å². The van der Waals surface area contributed by atoms with Crippen LogP contribution in [0.25, 0.3) is 6.08 Å². The van der Waals surface area contributed by atoms with E-state index < -0.39 is 5.91 Å². The fourth-order valence-electron chi connectivity index (χ4n) is 2.48. The molecule has 2 aromatic carbocycles. The second-order valence-corrected chi connectivity index (χ2v) is 6.45. The first-order chi connectivity index (χ1) is 13.5. The van der Waals surface area contributed by atoms with Crippen LogP contribution in [0.1, 0.15) is 16.7 Å². The predicted octanol–water partition coefficient (Wildman–Crippen LogP) is 5.49. The maximum Gasteiger partial charge on any atom is 0.266 e. The summed E-state index contributed by atoms with van der Waals surface area (Å²) < 4.78 is 5.63. The van der Waals surface area contributed by atoms with Crippen molar-refractivity contribution in [2.75, 3.05) is 11.9 Å². The van der Waals surface area contributed by atoms with Crippen molar-refractivity contribution in [3.8, 4) is 11.8 Å². The molecule has 0 atom stereocenters. The second-order valence-electron chi connectivity index (χ2n) is 6.05. The molecule has 0 fully saturated rings. The molecule has 0 spiro atoms. The Balaban J connectivity index is 2.26. The largest absolute Gasteiger partial charge is 0.489 e. The summed E-state index contributed by atoms with van der Waals surface area (Å²) in [6.07, 6.45) is 5.57. The molecular formula is C23H21ClN2O2. The van der Waals surface area contributed by atoms with Crippen molar-refractivity contribution in [1.82, 2.24) is 0 Å². The van der Waals surface area contributed by atoms with Crippen LogP contribution in [0, 0.1) is 18.3 Å². The Morgan fingerprint density at radius 1 is 1.25 bits per heavy atom. The quantitative estimate of drug-likeness (QED) is 0.367. The molecule has 2 aromatic rings. The Morgan fingerprint density at radius 2 is 2.04 bits per heavy atom. The number of halogens is 1. The average Bonchev–Trinajstić information content (AvgIpc) is 2.68. The van der Waals surface area contributed by atoms with Gasteiger partial charge in [-0.15, -0.1) is 6.58 Å². The second kappa shape index (κ2) is 10.1. The molecule has 0 aliphatic rings. The van der Waals surface area contributed by atoms with Gasteiger partial charge in [-0.3, -0.25) is 4.79 Å². The SMILES string of the molecule is C=CCOc1ccc(/C=C(/C#N)C(=O)Nc2ccc(C)c(Cl)c2)cc1CC=C. The number of carbonyl (C=O) groups excluding carboxylic acids is 1. The predicted molar refractivity (Wildman–Crippen MR) is 114 cm³/mol. The lowest BCUT2D eigenvalue weighted by Crippen LogP contribution is -2.13. The number of amides is 1. The van der Waals surface area contributed by atoms with Crippen molar-refractivity contribution in [1.29, 1.82) is 5.26 Å².